The SMILES string of the molecule is CSc1ncc(CC(=O)O)c(C(C)C)n1. The van der Waals surface area contributed by atoms with Crippen molar-refractivity contribution in [1.82, 2.24) is 9.97 Å². The van der Waals surface area contributed by atoms with Crippen molar-refractivity contribution >= 4 is 17.7 Å². The smallest absolute Gasteiger partial charge is 0.307 e. The molecule has 1 rings (SSSR count). The minimum Gasteiger partial charge on any atom is -0.481 e. The summed E-state index contributed by atoms with van der Waals surface area (Å²) in [6.45, 7) is 4.00. The molecule has 1 N–H and O–H groups in total. The number of carbonyl (C=O) groups is 1. The van der Waals surface area contributed by atoms with E-state index in [-0.39, 0.29) is 12.3 Å². The Hall–Kier alpha value is -1.10. The molecule has 0 unspecified atom stereocenters. The molecule has 4 nitrogen and oxygen atoms in total. The van der Waals surface area contributed by atoms with Gasteiger partial charge in [-0.15, -0.1) is 0 Å². The van der Waals surface area contributed by atoms with Gasteiger partial charge in [0, 0.05) is 11.8 Å². The van der Waals surface area contributed by atoms with E-state index in [1.165, 1.54) is 11.8 Å². The highest BCUT2D eigenvalue weighted by molar-refractivity contribution is 7.98. The minimum absolute atomic E-state index is 0.0117. The van der Waals surface area contributed by atoms with E-state index in [1.54, 1.807) is 6.20 Å². The lowest BCUT2D eigenvalue weighted by atomic mass is 10.0. The van der Waals surface area contributed by atoms with Crippen molar-refractivity contribution < 1.29 is 9.90 Å². The van der Waals surface area contributed by atoms with Crippen LogP contribution < -0.4 is 0 Å². The van der Waals surface area contributed by atoms with E-state index in [0.717, 1.165) is 5.69 Å². The second kappa shape index (κ2) is 5.11. The molecule has 0 spiro atoms. The molecule has 0 radical (unpaired) electrons. The molecular weight excluding hydrogens is 212 g/mol. The van der Waals surface area contributed by atoms with E-state index in [1.807, 2.05) is 20.1 Å². The van der Waals surface area contributed by atoms with Gasteiger partial charge in [-0.3, -0.25) is 4.79 Å². The minimum atomic E-state index is -0.850. The maximum Gasteiger partial charge on any atom is 0.307 e. The summed E-state index contributed by atoms with van der Waals surface area (Å²) in [6, 6.07) is 0. The summed E-state index contributed by atoms with van der Waals surface area (Å²) in [6.07, 6.45) is 3.50. The first-order chi connectivity index (χ1) is 7.04. The molecule has 0 atom stereocenters. The topological polar surface area (TPSA) is 63.1 Å². The fourth-order valence-corrected chi connectivity index (χ4v) is 1.65. The summed E-state index contributed by atoms with van der Waals surface area (Å²) >= 11 is 1.46. The van der Waals surface area contributed by atoms with Crippen molar-refractivity contribution in [2.45, 2.75) is 31.3 Å². The highest BCUT2D eigenvalue weighted by atomic mass is 32.2. The molecule has 0 amide bonds. The predicted molar refractivity (Wildman–Crippen MR) is 59.2 cm³/mol. The number of aromatic nitrogens is 2. The van der Waals surface area contributed by atoms with Crippen LogP contribution in [0.3, 0.4) is 0 Å². The second-order valence-corrected chi connectivity index (χ2v) is 4.27. The number of thioether (sulfide) groups is 1. The molecule has 0 fully saturated rings. The largest absolute Gasteiger partial charge is 0.481 e. The molecule has 1 heterocycles. The first-order valence-electron chi connectivity index (χ1n) is 4.66. The maximum atomic E-state index is 10.6. The number of rotatable bonds is 4. The van der Waals surface area contributed by atoms with Crippen LogP contribution in [0.25, 0.3) is 0 Å². The third-order valence-electron chi connectivity index (χ3n) is 1.95. The van der Waals surface area contributed by atoms with Crippen molar-refractivity contribution in [3.05, 3.63) is 17.5 Å². The van der Waals surface area contributed by atoms with Crippen LogP contribution in [-0.2, 0) is 11.2 Å². The van der Waals surface area contributed by atoms with Gasteiger partial charge in [-0.25, -0.2) is 9.97 Å². The first-order valence-corrected chi connectivity index (χ1v) is 5.88. The van der Waals surface area contributed by atoms with E-state index in [9.17, 15) is 4.79 Å². The van der Waals surface area contributed by atoms with Crippen molar-refractivity contribution in [2.75, 3.05) is 6.26 Å². The van der Waals surface area contributed by atoms with Gasteiger partial charge in [0.15, 0.2) is 5.16 Å². The molecule has 15 heavy (non-hydrogen) atoms. The van der Waals surface area contributed by atoms with Crippen LogP contribution in [0.15, 0.2) is 11.4 Å². The lowest BCUT2D eigenvalue weighted by Gasteiger charge is -2.10. The van der Waals surface area contributed by atoms with Crippen LogP contribution in [-0.4, -0.2) is 27.3 Å². The van der Waals surface area contributed by atoms with Crippen LogP contribution in [0, 0.1) is 0 Å². The molecule has 0 aliphatic carbocycles. The quantitative estimate of drug-likeness (QED) is 0.628. The number of carboxylic acids is 1. The molecule has 0 aromatic carbocycles. The monoisotopic (exact) mass is 226 g/mol. The average molecular weight is 226 g/mol. The van der Waals surface area contributed by atoms with E-state index >= 15 is 0 Å². The number of carboxylic acid groups (broad SMARTS) is 1. The second-order valence-electron chi connectivity index (χ2n) is 3.49. The Morgan fingerprint density at radius 1 is 1.60 bits per heavy atom. The summed E-state index contributed by atoms with van der Waals surface area (Å²) in [5.74, 6) is -0.634. The molecule has 1 aromatic rings. The number of hydrogen-bond acceptors (Lipinski definition) is 4. The first kappa shape index (κ1) is 12.0. The zero-order valence-electron chi connectivity index (χ0n) is 9.02. The standard InChI is InChI=1S/C10H14N2O2S/c1-6(2)9-7(4-8(13)14)5-11-10(12-9)15-3/h5-6H,4H2,1-3H3,(H,13,14). The fraction of sp³-hybridized carbons (Fsp3) is 0.500. The van der Waals surface area contributed by atoms with Gasteiger partial charge in [-0.2, -0.15) is 0 Å². The predicted octanol–water partition coefficient (Wildman–Crippen LogP) is 1.95. The summed E-state index contributed by atoms with van der Waals surface area (Å²) in [5, 5.41) is 9.43. The third-order valence-corrected chi connectivity index (χ3v) is 2.51. The molecule has 0 saturated carbocycles. The van der Waals surface area contributed by atoms with Gasteiger partial charge in [-0.1, -0.05) is 25.6 Å². The van der Waals surface area contributed by atoms with E-state index in [0.29, 0.717) is 10.7 Å². The Morgan fingerprint density at radius 3 is 2.73 bits per heavy atom. The molecule has 0 bridgehead atoms. The molecule has 1 aromatic heterocycles. The van der Waals surface area contributed by atoms with E-state index < -0.39 is 5.97 Å². The van der Waals surface area contributed by atoms with Gasteiger partial charge in [0.05, 0.1) is 12.1 Å². The Bertz CT molecular complexity index is 366. The highest BCUT2D eigenvalue weighted by Crippen LogP contribution is 2.19. The van der Waals surface area contributed by atoms with Crippen molar-refractivity contribution in [3.8, 4) is 0 Å². The van der Waals surface area contributed by atoms with Gasteiger partial charge in [-0.05, 0) is 12.2 Å². The average Bonchev–Trinajstić information content (AvgIpc) is 2.17. The van der Waals surface area contributed by atoms with Crippen LogP contribution >= 0.6 is 11.8 Å². The number of nitrogens with zero attached hydrogens (tertiary/aromatic N) is 2. The molecule has 0 saturated heterocycles. The number of hydrogen-bond donors (Lipinski definition) is 1. The third kappa shape index (κ3) is 3.20. The Balaban J connectivity index is 3.09. The number of aliphatic carboxylic acids is 1. The van der Waals surface area contributed by atoms with Crippen LogP contribution in [0.2, 0.25) is 0 Å². The molecular formula is C10H14N2O2S. The zero-order chi connectivity index (χ0) is 11.4. The summed E-state index contributed by atoms with van der Waals surface area (Å²) in [7, 11) is 0. The fourth-order valence-electron chi connectivity index (χ4n) is 1.30. The van der Waals surface area contributed by atoms with E-state index in [2.05, 4.69) is 9.97 Å². The zero-order valence-corrected chi connectivity index (χ0v) is 9.84. The van der Waals surface area contributed by atoms with Gasteiger partial charge in [0.2, 0.25) is 0 Å². The Morgan fingerprint density at radius 2 is 2.27 bits per heavy atom. The van der Waals surface area contributed by atoms with Crippen LogP contribution in [0.1, 0.15) is 31.0 Å². The van der Waals surface area contributed by atoms with E-state index in [4.69, 9.17) is 5.11 Å². The normalized spacial score (nSPS) is 10.7. The van der Waals surface area contributed by atoms with Gasteiger partial charge in [0.1, 0.15) is 0 Å². The molecule has 0 aliphatic rings. The van der Waals surface area contributed by atoms with Gasteiger partial charge in [0.25, 0.3) is 0 Å². The molecule has 0 aliphatic heterocycles. The Labute approximate surface area is 93.1 Å². The van der Waals surface area contributed by atoms with Crippen molar-refractivity contribution in [3.63, 3.8) is 0 Å². The van der Waals surface area contributed by atoms with Crippen LogP contribution in [0.5, 0.6) is 0 Å². The van der Waals surface area contributed by atoms with Crippen LogP contribution in [0.4, 0.5) is 0 Å². The summed E-state index contributed by atoms with van der Waals surface area (Å²) in [4.78, 5) is 19.1. The maximum absolute atomic E-state index is 10.6. The Kier molecular flexibility index (Phi) is 4.08. The lowest BCUT2D eigenvalue weighted by molar-refractivity contribution is -0.136. The molecule has 82 valence electrons. The van der Waals surface area contributed by atoms with Gasteiger partial charge < -0.3 is 5.11 Å². The summed E-state index contributed by atoms with van der Waals surface area (Å²) < 4.78 is 0. The molecule has 5 heteroatoms. The van der Waals surface area contributed by atoms with Gasteiger partial charge >= 0.3 is 5.97 Å². The lowest BCUT2D eigenvalue weighted by Crippen LogP contribution is -2.08. The van der Waals surface area contributed by atoms with Crippen molar-refractivity contribution in [2.24, 2.45) is 0 Å². The summed E-state index contributed by atoms with van der Waals surface area (Å²) in [5.41, 5.74) is 1.53. The highest BCUT2D eigenvalue weighted by Gasteiger charge is 2.12. The van der Waals surface area contributed by atoms with Crippen molar-refractivity contribution in [1.29, 1.82) is 0 Å².